The molecule has 0 bridgehead atoms. The molecular weight excluding hydrogens is 505 g/mol. The molecule has 1 atom stereocenters. The summed E-state index contributed by atoms with van der Waals surface area (Å²) in [6, 6.07) is 5.80. The van der Waals surface area contributed by atoms with Crippen LogP contribution >= 0.6 is 0 Å². The number of aromatic nitrogens is 7. The molecule has 0 amide bonds. The lowest BCUT2D eigenvalue weighted by molar-refractivity contribution is 0.0161. The van der Waals surface area contributed by atoms with Gasteiger partial charge in [-0.05, 0) is 24.3 Å². The lowest BCUT2D eigenvalue weighted by Gasteiger charge is -2.34. The third-order valence-corrected chi connectivity index (χ3v) is 6.35. The maximum absolute atomic E-state index is 13.1. The van der Waals surface area contributed by atoms with Crippen LogP contribution in [0.2, 0.25) is 0 Å². The molecule has 0 saturated carbocycles. The second-order valence-corrected chi connectivity index (χ2v) is 9.13. The van der Waals surface area contributed by atoms with Gasteiger partial charge in [-0.25, -0.2) is 24.3 Å². The van der Waals surface area contributed by atoms with Gasteiger partial charge in [-0.15, -0.1) is 0 Å². The summed E-state index contributed by atoms with van der Waals surface area (Å²) < 4.78 is 26.4. The zero-order valence-corrected chi connectivity index (χ0v) is 21.1. The van der Waals surface area contributed by atoms with Gasteiger partial charge in [0.2, 0.25) is 17.8 Å². The number of nitrogens with one attached hydrogen (secondary N) is 2. The number of ether oxygens (including phenoxy) is 2. The first-order valence-corrected chi connectivity index (χ1v) is 12.7. The van der Waals surface area contributed by atoms with E-state index in [1.807, 2.05) is 10.9 Å². The number of nitrogens with zero attached hydrogens (tertiary/aromatic N) is 9. The summed E-state index contributed by atoms with van der Waals surface area (Å²) in [4.78, 5) is 26.3. The Hall–Kier alpha value is -4.43. The van der Waals surface area contributed by atoms with E-state index >= 15 is 0 Å². The Morgan fingerprint density at radius 2 is 1.72 bits per heavy atom. The summed E-state index contributed by atoms with van der Waals surface area (Å²) >= 11 is 0. The molecule has 2 fully saturated rings. The highest BCUT2D eigenvalue weighted by molar-refractivity contribution is 5.51. The number of anilines is 4. The highest BCUT2D eigenvalue weighted by atomic mass is 19.1. The van der Waals surface area contributed by atoms with Crippen LogP contribution in [0.1, 0.15) is 0 Å². The van der Waals surface area contributed by atoms with Crippen LogP contribution in [0.4, 0.5) is 27.9 Å². The maximum atomic E-state index is 13.1. The molecule has 1 unspecified atom stereocenters. The zero-order valence-electron chi connectivity index (χ0n) is 21.1. The molecular formula is C25H28FN11O2. The third kappa shape index (κ3) is 6.35. The monoisotopic (exact) mass is 533 g/mol. The highest BCUT2D eigenvalue weighted by Crippen LogP contribution is 2.22. The number of morpholine rings is 1. The highest BCUT2D eigenvalue weighted by Gasteiger charge is 2.21. The minimum Gasteiger partial charge on any atom is -0.454 e. The first kappa shape index (κ1) is 24.9. The van der Waals surface area contributed by atoms with Gasteiger partial charge >= 0.3 is 0 Å². The Balaban J connectivity index is 1.01. The summed E-state index contributed by atoms with van der Waals surface area (Å²) in [6.45, 7) is 5.91. The van der Waals surface area contributed by atoms with E-state index < -0.39 is 0 Å². The fraction of sp³-hybridized carbons (Fsp3) is 0.360. The van der Waals surface area contributed by atoms with Gasteiger partial charge in [0, 0.05) is 45.5 Å². The molecule has 202 valence electrons. The fourth-order valence-electron chi connectivity index (χ4n) is 4.37. The number of halogens is 1. The molecule has 13 nitrogen and oxygen atoms in total. The lowest BCUT2D eigenvalue weighted by atomic mass is 10.3. The largest absolute Gasteiger partial charge is 0.454 e. The number of hydrogen-bond donors (Lipinski definition) is 2. The van der Waals surface area contributed by atoms with Gasteiger partial charge in [-0.3, -0.25) is 4.68 Å². The molecule has 2 N–H and O–H groups in total. The Labute approximate surface area is 224 Å². The van der Waals surface area contributed by atoms with Crippen molar-refractivity contribution in [2.24, 2.45) is 0 Å². The van der Waals surface area contributed by atoms with Crippen molar-refractivity contribution in [2.45, 2.75) is 12.6 Å². The average molecular weight is 534 g/mol. The van der Waals surface area contributed by atoms with Crippen molar-refractivity contribution in [2.75, 3.05) is 61.0 Å². The average Bonchev–Trinajstić information content (AvgIpc) is 3.42. The second kappa shape index (κ2) is 11.5. The van der Waals surface area contributed by atoms with E-state index in [0.29, 0.717) is 68.7 Å². The van der Waals surface area contributed by atoms with Gasteiger partial charge in [0.05, 0.1) is 43.5 Å². The summed E-state index contributed by atoms with van der Waals surface area (Å²) in [6.07, 6.45) is 8.50. The summed E-state index contributed by atoms with van der Waals surface area (Å²) in [7, 11) is 0. The molecule has 0 radical (unpaired) electrons. The molecule has 6 rings (SSSR count). The minimum atomic E-state index is -0.316. The van der Waals surface area contributed by atoms with Crippen molar-refractivity contribution in [3.05, 3.63) is 61.2 Å². The van der Waals surface area contributed by atoms with Crippen molar-refractivity contribution in [1.29, 1.82) is 0 Å². The smallest absolute Gasteiger partial charge is 0.232 e. The molecule has 0 spiro atoms. The van der Waals surface area contributed by atoms with E-state index in [0.717, 1.165) is 18.8 Å². The Kier molecular flexibility index (Phi) is 7.36. The summed E-state index contributed by atoms with van der Waals surface area (Å²) in [5, 5.41) is 10.9. The molecule has 1 aromatic carbocycles. The van der Waals surface area contributed by atoms with Crippen molar-refractivity contribution in [3.63, 3.8) is 0 Å². The zero-order chi connectivity index (χ0) is 26.4. The van der Waals surface area contributed by atoms with E-state index in [1.54, 1.807) is 30.7 Å². The van der Waals surface area contributed by atoms with E-state index in [9.17, 15) is 4.39 Å². The predicted molar refractivity (Wildman–Crippen MR) is 141 cm³/mol. The van der Waals surface area contributed by atoms with E-state index in [-0.39, 0.29) is 11.9 Å². The topological polar surface area (TPSA) is 131 Å². The van der Waals surface area contributed by atoms with E-state index in [2.05, 4.69) is 50.5 Å². The van der Waals surface area contributed by atoms with Gasteiger partial charge in [0.15, 0.2) is 5.75 Å². The van der Waals surface area contributed by atoms with Gasteiger partial charge < -0.3 is 29.9 Å². The van der Waals surface area contributed by atoms with Crippen LogP contribution in [-0.4, -0.2) is 86.7 Å². The summed E-state index contributed by atoms with van der Waals surface area (Å²) in [5.41, 5.74) is 0.796. The maximum Gasteiger partial charge on any atom is 0.232 e. The van der Waals surface area contributed by atoms with Crippen molar-refractivity contribution < 1.29 is 13.9 Å². The standard InChI is InChI=1S/C25H28FN11O2/c26-18-1-3-20(4-2-18)39-21-13-28-24(29-14-21)35-6-8-36(9-7-35)25-31-17-30-23(34-25)33-19-11-32-37(15-19)16-22-12-27-5-10-38-22/h1-4,11,13-15,17,22,27H,5-10,12,16H2,(H,30,31,33,34). The molecule has 0 aliphatic carbocycles. The van der Waals surface area contributed by atoms with Gasteiger partial charge in [0.25, 0.3) is 0 Å². The van der Waals surface area contributed by atoms with Crippen LogP contribution in [0.3, 0.4) is 0 Å². The predicted octanol–water partition coefficient (Wildman–Crippen LogP) is 1.85. The number of benzene rings is 1. The molecule has 3 aromatic heterocycles. The van der Waals surface area contributed by atoms with Crippen molar-refractivity contribution in [3.8, 4) is 11.5 Å². The summed E-state index contributed by atoms with van der Waals surface area (Å²) in [5.74, 6) is 2.37. The van der Waals surface area contributed by atoms with Gasteiger partial charge in [-0.1, -0.05) is 0 Å². The molecule has 5 heterocycles. The third-order valence-electron chi connectivity index (χ3n) is 6.35. The minimum absolute atomic E-state index is 0.104. The molecule has 2 aliphatic heterocycles. The van der Waals surface area contributed by atoms with Crippen LogP contribution in [0.25, 0.3) is 0 Å². The molecule has 4 aromatic rings. The number of piperazine rings is 1. The molecule has 39 heavy (non-hydrogen) atoms. The normalized spacial score (nSPS) is 17.7. The molecule has 2 saturated heterocycles. The van der Waals surface area contributed by atoms with Crippen molar-refractivity contribution in [1.82, 2.24) is 40.0 Å². The Bertz CT molecular complexity index is 1360. The van der Waals surface area contributed by atoms with Gasteiger partial charge in [-0.2, -0.15) is 10.1 Å². The lowest BCUT2D eigenvalue weighted by Crippen LogP contribution is -2.47. The number of hydrogen-bond acceptors (Lipinski definition) is 12. The van der Waals surface area contributed by atoms with E-state index in [4.69, 9.17) is 9.47 Å². The SMILES string of the molecule is Fc1ccc(Oc2cnc(N3CCN(c4ncnc(Nc5cnn(CC6CNCCO6)c5)n4)CC3)nc2)cc1. The van der Waals surface area contributed by atoms with Crippen LogP contribution < -0.4 is 25.2 Å². The van der Waals surface area contributed by atoms with Crippen LogP contribution in [0.5, 0.6) is 11.5 Å². The van der Waals surface area contributed by atoms with Crippen molar-refractivity contribution >= 4 is 23.5 Å². The Morgan fingerprint density at radius 3 is 2.46 bits per heavy atom. The number of rotatable bonds is 8. The van der Waals surface area contributed by atoms with E-state index in [1.165, 1.54) is 18.5 Å². The molecule has 2 aliphatic rings. The molecule has 14 heteroatoms. The van der Waals surface area contributed by atoms with Crippen LogP contribution in [-0.2, 0) is 11.3 Å². The second-order valence-electron chi connectivity index (χ2n) is 9.13. The van der Waals surface area contributed by atoms with Crippen LogP contribution in [0, 0.1) is 5.82 Å². The van der Waals surface area contributed by atoms with Gasteiger partial charge in [0.1, 0.15) is 17.9 Å². The first-order chi connectivity index (χ1) is 19.2. The van der Waals surface area contributed by atoms with Crippen LogP contribution in [0.15, 0.2) is 55.4 Å². The quantitative estimate of drug-likeness (QED) is 0.343. The first-order valence-electron chi connectivity index (χ1n) is 12.7. The Morgan fingerprint density at radius 1 is 0.949 bits per heavy atom. The fourth-order valence-corrected chi connectivity index (χ4v) is 4.37.